The average molecular weight is 425 g/mol. The van der Waals surface area contributed by atoms with Gasteiger partial charge in [0.1, 0.15) is 24.0 Å². The molecule has 30 heavy (non-hydrogen) atoms. The number of rotatable bonds is 8. The summed E-state index contributed by atoms with van der Waals surface area (Å²) in [7, 11) is 1.19. The van der Waals surface area contributed by atoms with Crippen LogP contribution in [-0.2, 0) is 30.3 Å². The van der Waals surface area contributed by atoms with Crippen LogP contribution >= 0.6 is 0 Å². The molecule has 0 fully saturated rings. The Kier molecular flexibility index (Phi) is 9.22. The number of hydrogen-bond acceptors (Lipinski definition) is 6. The molecule has 0 radical (unpaired) electrons. The number of ether oxygens (including phenoxy) is 2. The number of carbonyl (C=O) groups is 4. The normalized spacial score (nSPS) is 11.8. The molecule has 0 heterocycles. The van der Waals surface area contributed by atoms with Crippen LogP contribution in [0, 0.1) is 5.82 Å². The van der Waals surface area contributed by atoms with Crippen molar-refractivity contribution in [3.63, 3.8) is 0 Å². The summed E-state index contributed by atoms with van der Waals surface area (Å²) < 4.78 is 24.0. The topological polar surface area (TPSA) is 123 Å². The molecule has 0 bridgehead atoms. The van der Waals surface area contributed by atoms with Crippen LogP contribution < -0.4 is 16.0 Å². The number of amides is 3. The van der Waals surface area contributed by atoms with E-state index in [1.165, 1.54) is 19.2 Å². The SMILES string of the molecule is CCC(=O)N[C@H](Cc1ccc(NC(=O)CNC(=O)OC(C)(C)C)c(F)c1)C(=O)OC. The molecule has 0 aliphatic rings. The molecule has 0 aromatic heterocycles. The monoisotopic (exact) mass is 425 g/mol. The molecule has 0 spiro atoms. The molecule has 3 N–H and O–H groups in total. The molecule has 10 heteroatoms. The van der Waals surface area contributed by atoms with Gasteiger partial charge in [-0.15, -0.1) is 0 Å². The van der Waals surface area contributed by atoms with Gasteiger partial charge in [0.25, 0.3) is 0 Å². The van der Waals surface area contributed by atoms with Crippen LogP contribution in [0.4, 0.5) is 14.9 Å². The van der Waals surface area contributed by atoms with Gasteiger partial charge in [-0.3, -0.25) is 9.59 Å². The van der Waals surface area contributed by atoms with Crippen molar-refractivity contribution in [2.45, 2.75) is 52.2 Å². The molecule has 1 atom stereocenters. The summed E-state index contributed by atoms with van der Waals surface area (Å²) in [6.45, 7) is 6.29. The third-order valence-electron chi connectivity index (χ3n) is 3.68. The summed E-state index contributed by atoms with van der Waals surface area (Å²) in [6.07, 6.45) is -0.565. The van der Waals surface area contributed by atoms with Gasteiger partial charge in [0, 0.05) is 12.8 Å². The fourth-order valence-electron chi connectivity index (χ4n) is 2.32. The van der Waals surface area contributed by atoms with E-state index in [2.05, 4.69) is 20.7 Å². The second-order valence-corrected chi connectivity index (χ2v) is 7.42. The molecule has 0 aliphatic heterocycles. The summed E-state index contributed by atoms with van der Waals surface area (Å²) in [5, 5.41) is 7.13. The summed E-state index contributed by atoms with van der Waals surface area (Å²) in [4.78, 5) is 46.9. The third kappa shape index (κ3) is 8.89. The van der Waals surface area contributed by atoms with Crippen LogP contribution in [-0.4, -0.2) is 49.2 Å². The smallest absolute Gasteiger partial charge is 0.408 e. The van der Waals surface area contributed by atoms with Gasteiger partial charge in [-0.2, -0.15) is 0 Å². The van der Waals surface area contributed by atoms with Gasteiger partial charge >= 0.3 is 12.1 Å². The highest BCUT2D eigenvalue weighted by atomic mass is 19.1. The van der Waals surface area contributed by atoms with Crippen LogP contribution in [0.15, 0.2) is 18.2 Å². The van der Waals surface area contributed by atoms with Gasteiger partial charge in [0.15, 0.2) is 0 Å². The first-order chi connectivity index (χ1) is 13.9. The fourth-order valence-corrected chi connectivity index (χ4v) is 2.32. The van der Waals surface area contributed by atoms with Gasteiger partial charge in [0.2, 0.25) is 11.8 Å². The summed E-state index contributed by atoms with van der Waals surface area (Å²) in [5.74, 6) is -2.37. The molecule has 9 nitrogen and oxygen atoms in total. The van der Waals surface area contributed by atoms with Gasteiger partial charge in [-0.05, 0) is 38.5 Å². The van der Waals surface area contributed by atoms with E-state index in [-0.39, 0.29) is 24.4 Å². The first kappa shape index (κ1) is 24.9. The van der Waals surface area contributed by atoms with Crippen molar-refractivity contribution in [1.82, 2.24) is 10.6 Å². The molecule has 1 aromatic rings. The number of esters is 1. The van der Waals surface area contributed by atoms with Gasteiger partial charge in [-0.25, -0.2) is 14.0 Å². The highest BCUT2D eigenvalue weighted by Crippen LogP contribution is 2.17. The first-order valence-electron chi connectivity index (χ1n) is 9.37. The minimum absolute atomic E-state index is 0.0176. The van der Waals surface area contributed by atoms with Crippen molar-refractivity contribution in [2.75, 3.05) is 19.0 Å². The van der Waals surface area contributed by atoms with Crippen LogP contribution in [0.2, 0.25) is 0 Å². The number of halogens is 1. The van der Waals surface area contributed by atoms with E-state index < -0.39 is 42.0 Å². The predicted octanol–water partition coefficient (Wildman–Crippen LogP) is 1.90. The van der Waals surface area contributed by atoms with E-state index in [0.29, 0.717) is 5.56 Å². The zero-order chi connectivity index (χ0) is 22.9. The van der Waals surface area contributed by atoms with Crippen molar-refractivity contribution in [3.8, 4) is 0 Å². The molecule has 0 saturated carbocycles. The maximum Gasteiger partial charge on any atom is 0.408 e. The second-order valence-electron chi connectivity index (χ2n) is 7.42. The van der Waals surface area contributed by atoms with Gasteiger partial charge < -0.3 is 25.4 Å². The first-order valence-corrected chi connectivity index (χ1v) is 9.37. The fraction of sp³-hybridized carbons (Fsp3) is 0.500. The molecular weight excluding hydrogens is 397 g/mol. The number of alkyl carbamates (subject to hydrolysis) is 1. The van der Waals surface area contributed by atoms with Crippen LogP contribution in [0.25, 0.3) is 0 Å². The van der Waals surface area contributed by atoms with Crippen LogP contribution in [0.3, 0.4) is 0 Å². The van der Waals surface area contributed by atoms with Gasteiger partial charge in [0.05, 0.1) is 12.8 Å². The summed E-state index contributed by atoms with van der Waals surface area (Å²) in [5.41, 5.74) is -0.382. The predicted molar refractivity (Wildman–Crippen MR) is 107 cm³/mol. The lowest BCUT2D eigenvalue weighted by Gasteiger charge is -2.19. The molecular formula is C20H28FN3O6. The van der Waals surface area contributed by atoms with E-state index in [9.17, 15) is 23.6 Å². The molecule has 0 unspecified atom stereocenters. The molecule has 0 saturated heterocycles. The zero-order valence-corrected chi connectivity index (χ0v) is 17.8. The van der Waals surface area contributed by atoms with Gasteiger partial charge in [-0.1, -0.05) is 13.0 Å². The molecule has 166 valence electrons. The Hall–Kier alpha value is -3.17. The van der Waals surface area contributed by atoms with E-state index in [1.807, 2.05) is 0 Å². The second kappa shape index (κ2) is 11.1. The van der Waals surface area contributed by atoms with Crippen molar-refractivity contribution in [2.24, 2.45) is 0 Å². The van der Waals surface area contributed by atoms with E-state index in [4.69, 9.17) is 4.74 Å². The van der Waals surface area contributed by atoms with Crippen molar-refractivity contribution >= 4 is 29.6 Å². The Morgan fingerprint density at radius 2 is 1.80 bits per heavy atom. The third-order valence-corrected chi connectivity index (χ3v) is 3.68. The van der Waals surface area contributed by atoms with Crippen molar-refractivity contribution < 1.29 is 33.0 Å². The Morgan fingerprint density at radius 3 is 2.33 bits per heavy atom. The molecule has 1 aromatic carbocycles. The maximum absolute atomic E-state index is 14.4. The number of hydrogen-bond donors (Lipinski definition) is 3. The summed E-state index contributed by atoms with van der Waals surface area (Å²) in [6, 6.07) is 3.02. The molecule has 3 amide bonds. The lowest BCUT2D eigenvalue weighted by atomic mass is 10.0. The van der Waals surface area contributed by atoms with E-state index in [1.54, 1.807) is 27.7 Å². The number of anilines is 1. The van der Waals surface area contributed by atoms with E-state index in [0.717, 1.165) is 6.07 Å². The van der Waals surface area contributed by atoms with Crippen molar-refractivity contribution in [1.29, 1.82) is 0 Å². The maximum atomic E-state index is 14.4. The molecule has 1 rings (SSSR count). The van der Waals surface area contributed by atoms with Crippen LogP contribution in [0.5, 0.6) is 0 Å². The number of nitrogens with one attached hydrogen (secondary N) is 3. The minimum Gasteiger partial charge on any atom is -0.467 e. The Morgan fingerprint density at radius 1 is 1.13 bits per heavy atom. The Balaban J connectivity index is 2.71. The highest BCUT2D eigenvalue weighted by Gasteiger charge is 2.22. The number of carbonyl (C=O) groups excluding carboxylic acids is 4. The average Bonchev–Trinajstić information content (AvgIpc) is 2.65. The highest BCUT2D eigenvalue weighted by molar-refractivity contribution is 5.94. The van der Waals surface area contributed by atoms with E-state index >= 15 is 0 Å². The largest absolute Gasteiger partial charge is 0.467 e. The quantitative estimate of drug-likeness (QED) is 0.547. The summed E-state index contributed by atoms with van der Waals surface area (Å²) >= 11 is 0. The minimum atomic E-state index is -0.958. The van der Waals surface area contributed by atoms with Crippen molar-refractivity contribution in [3.05, 3.63) is 29.6 Å². The molecule has 0 aliphatic carbocycles. The Labute approximate surface area is 174 Å². The Bertz CT molecular complexity index is 791. The zero-order valence-electron chi connectivity index (χ0n) is 17.8. The number of methoxy groups -OCH3 is 1. The van der Waals surface area contributed by atoms with Crippen LogP contribution in [0.1, 0.15) is 39.7 Å². The number of benzene rings is 1. The lowest BCUT2D eigenvalue weighted by molar-refractivity contribution is -0.145. The standard InChI is InChI=1S/C20H28FN3O6/c1-6-16(25)24-15(18(27)29-5)10-12-7-8-14(13(21)9-12)23-17(26)11-22-19(28)30-20(2,3)4/h7-9,15H,6,10-11H2,1-5H3,(H,22,28)(H,23,26)(H,24,25)/t15-/m1/s1. The lowest BCUT2D eigenvalue weighted by Crippen LogP contribution is -2.42.